The number of nitriles is 1. The first-order chi connectivity index (χ1) is 9.26. The molecule has 104 valence electrons. The van der Waals surface area contributed by atoms with E-state index in [9.17, 15) is 0 Å². The van der Waals surface area contributed by atoms with Gasteiger partial charge in [-0.15, -0.1) is 0 Å². The van der Waals surface area contributed by atoms with Crippen molar-refractivity contribution in [2.24, 2.45) is 0 Å². The zero-order valence-corrected chi connectivity index (χ0v) is 11.5. The molecule has 0 spiro atoms. The molecule has 0 saturated carbocycles. The zero-order chi connectivity index (χ0) is 13.9. The van der Waals surface area contributed by atoms with Gasteiger partial charge in [0.1, 0.15) is 12.4 Å². The molecule has 1 N–H and O–H groups in total. The minimum absolute atomic E-state index is 0.283. The van der Waals surface area contributed by atoms with E-state index in [0.717, 1.165) is 38.1 Å². The Kier molecular flexibility index (Phi) is 7.64. The monoisotopic (exact) mass is 262 g/mol. The highest BCUT2D eigenvalue weighted by molar-refractivity contribution is 5.34. The van der Waals surface area contributed by atoms with Crippen LogP contribution in [-0.4, -0.2) is 43.4 Å². The van der Waals surface area contributed by atoms with E-state index in [-0.39, 0.29) is 6.61 Å². The highest BCUT2D eigenvalue weighted by Crippen LogP contribution is 2.11. The van der Waals surface area contributed by atoms with E-state index in [4.69, 9.17) is 15.1 Å². The number of unbranched alkanes of at least 4 members (excludes halogenated alkanes) is 2. The summed E-state index contributed by atoms with van der Waals surface area (Å²) in [5.41, 5.74) is 0.647. The summed E-state index contributed by atoms with van der Waals surface area (Å²) >= 11 is 0. The van der Waals surface area contributed by atoms with E-state index in [1.165, 1.54) is 0 Å². The van der Waals surface area contributed by atoms with Crippen LogP contribution in [0.5, 0.6) is 5.75 Å². The van der Waals surface area contributed by atoms with Gasteiger partial charge in [-0.1, -0.05) is 0 Å². The van der Waals surface area contributed by atoms with Crippen LogP contribution in [-0.2, 0) is 0 Å². The van der Waals surface area contributed by atoms with Gasteiger partial charge in [-0.05, 0) is 57.1 Å². The zero-order valence-electron chi connectivity index (χ0n) is 11.5. The fourth-order valence-corrected chi connectivity index (χ4v) is 1.73. The standard InChI is InChI=1S/C15H22N2O2/c1-17(9-3-2-4-11-18)10-12-19-15-7-5-14(13-16)6-8-15/h5-8,18H,2-4,9-12H2,1H3. The number of aliphatic hydroxyl groups is 1. The average molecular weight is 262 g/mol. The van der Waals surface area contributed by atoms with Crippen LogP contribution in [0.15, 0.2) is 24.3 Å². The van der Waals surface area contributed by atoms with Gasteiger partial charge < -0.3 is 14.7 Å². The summed E-state index contributed by atoms with van der Waals surface area (Å²) in [7, 11) is 2.07. The minimum atomic E-state index is 0.283. The summed E-state index contributed by atoms with van der Waals surface area (Å²) in [6.45, 7) is 2.82. The first kappa shape index (κ1) is 15.5. The van der Waals surface area contributed by atoms with Gasteiger partial charge in [-0.2, -0.15) is 5.26 Å². The first-order valence-corrected chi connectivity index (χ1v) is 6.68. The summed E-state index contributed by atoms with van der Waals surface area (Å²) in [6, 6.07) is 9.23. The topological polar surface area (TPSA) is 56.5 Å². The SMILES string of the molecule is CN(CCCCCO)CCOc1ccc(C#N)cc1. The maximum Gasteiger partial charge on any atom is 0.119 e. The van der Waals surface area contributed by atoms with Crippen molar-refractivity contribution in [1.29, 1.82) is 5.26 Å². The number of rotatable bonds is 9. The summed E-state index contributed by atoms with van der Waals surface area (Å²) in [4.78, 5) is 2.22. The molecule has 4 heteroatoms. The maximum absolute atomic E-state index is 8.68. The Labute approximate surface area is 115 Å². The van der Waals surface area contributed by atoms with Gasteiger partial charge in [0.05, 0.1) is 11.6 Å². The van der Waals surface area contributed by atoms with Crippen molar-refractivity contribution in [3.05, 3.63) is 29.8 Å². The molecule has 0 atom stereocenters. The molecule has 0 aromatic heterocycles. The molecule has 0 aliphatic heterocycles. The van der Waals surface area contributed by atoms with Gasteiger partial charge in [-0.25, -0.2) is 0 Å². The molecule has 19 heavy (non-hydrogen) atoms. The smallest absolute Gasteiger partial charge is 0.119 e. The quantitative estimate of drug-likeness (QED) is 0.692. The van der Waals surface area contributed by atoms with Crippen LogP contribution in [0.4, 0.5) is 0 Å². The predicted octanol–water partition coefficient (Wildman–Crippen LogP) is 2.03. The van der Waals surface area contributed by atoms with Crippen molar-refractivity contribution in [1.82, 2.24) is 4.90 Å². The van der Waals surface area contributed by atoms with Crippen molar-refractivity contribution in [3.63, 3.8) is 0 Å². The number of ether oxygens (including phenoxy) is 1. The van der Waals surface area contributed by atoms with E-state index in [1.54, 1.807) is 12.1 Å². The van der Waals surface area contributed by atoms with Crippen molar-refractivity contribution in [2.75, 3.05) is 33.4 Å². The molecule has 0 saturated heterocycles. The number of nitrogens with zero attached hydrogens (tertiary/aromatic N) is 2. The van der Waals surface area contributed by atoms with Crippen LogP contribution in [0.1, 0.15) is 24.8 Å². The molecule has 0 unspecified atom stereocenters. The van der Waals surface area contributed by atoms with Crippen molar-refractivity contribution < 1.29 is 9.84 Å². The van der Waals surface area contributed by atoms with Gasteiger partial charge >= 0.3 is 0 Å². The predicted molar refractivity (Wildman–Crippen MR) is 75.1 cm³/mol. The molecular formula is C15H22N2O2. The van der Waals surface area contributed by atoms with Gasteiger partial charge in [0.2, 0.25) is 0 Å². The molecule has 0 aliphatic carbocycles. The molecule has 0 fully saturated rings. The molecule has 4 nitrogen and oxygen atoms in total. The number of hydrogen-bond donors (Lipinski definition) is 1. The number of hydrogen-bond acceptors (Lipinski definition) is 4. The third-order valence-electron chi connectivity index (χ3n) is 2.92. The summed E-state index contributed by atoms with van der Waals surface area (Å²) < 4.78 is 5.61. The van der Waals surface area contributed by atoms with Gasteiger partial charge in [-0.3, -0.25) is 0 Å². The molecule has 0 heterocycles. The molecule has 0 amide bonds. The van der Waals surface area contributed by atoms with E-state index in [1.807, 2.05) is 12.1 Å². The second-order valence-electron chi connectivity index (χ2n) is 4.57. The normalized spacial score (nSPS) is 10.4. The fraction of sp³-hybridized carbons (Fsp3) is 0.533. The Bertz CT molecular complexity index is 384. The Balaban J connectivity index is 2.13. The van der Waals surface area contributed by atoms with E-state index in [2.05, 4.69) is 18.0 Å². The lowest BCUT2D eigenvalue weighted by atomic mass is 10.2. The van der Waals surface area contributed by atoms with Crippen LogP contribution in [0, 0.1) is 11.3 Å². The van der Waals surface area contributed by atoms with Gasteiger partial charge in [0, 0.05) is 13.2 Å². The first-order valence-electron chi connectivity index (χ1n) is 6.68. The van der Waals surface area contributed by atoms with Gasteiger partial charge in [0.15, 0.2) is 0 Å². The third kappa shape index (κ3) is 6.80. The largest absolute Gasteiger partial charge is 0.492 e. The molecule has 0 bridgehead atoms. The lowest BCUT2D eigenvalue weighted by Gasteiger charge is -2.16. The van der Waals surface area contributed by atoms with Gasteiger partial charge in [0.25, 0.3) is 0 Å². The highest BCUT2D eigenvalue weighted by Gasteiger charge is 1.99. The number of aliphatic hydroxyl groups excluding tert-OH is 1. The van der Waals surface area contributed by atoms with Crippen molar-refractivity contribution in [3.8, 4) is 11.8 Å². The Morgan fingerprint density at radius 3 is 2.53 bits per heavy atom. The van der Waals surface area contributed by atoms with E-state index in [0.29, 0.717) is 12.2 Å². The van der Waals surface area contributed by atoms with E-state index >= 15 is 0 Å². The molecule has 0 aliphatic rings. The third-order valence-corrected chi connectivity index (χ3v) is 2.92. The summed E-state index contributed by atoms with van der Waals surface area (Å²) in [6.07, 6.45) is 3.06. The van der Waals surface area contributed by atoms with Crippen LogP contribution in [0.2, 0.25) is 0 Å². The van der Waals surface area contributed by atoms with Crippen molar-refractivity contribution in [2.45, 2.75) is 19.3 Å². The molecule has 1 aromatic rings. The lowest BCUT2D eigenvalue weighted by Crippen LogP contribution is -2.25. The molecule has 1 rings (SSSR count). The van der Waals surface area contributed by atoms with Crippen LogP contribution in [0.3, 0.4) is 0 Å². The Hall–Kier alpha value is -1.57. The summed E-state index contributed by atoms with van der Waals surface area (Å²) in [5.74, 6) is 0.799. The maximum atomic E-state index is 8.68. The highest BCUT2D eigenvalue weighted by atomic mass is 16.5. The fourth-order valence-electron chi connectivity index (χ4n) is 1.73. The molecule has 0 radical (unpaired) electrons. The Morgan fingerprint density at radius 1 is 1.16 bits per heavy atom. The minimum Gasteiger partial charge on any atom is -0.492 e. The second kappa shape index (κ2) is 9.37. The van der Waals surface area contributed by atoms with Crippen molar-refractivity contribution >= 4 is 0 Å². The summed E-state index contributed by atoms with van der Waals surface area (Å²) in [5, 5.41) is 17.4. The van der Waals surface area contributed by atoms with Crippen LogP contribution >= 0.6 is 0 Å². The van der Waals surface area contributed by atoms with Crippen LogP contribution in [0.25, 0.3) is 0 Å². The number of benzene rings is 1. The average Bonchev–Trinajstić information content (AvgIpc) is 2.44. The lowest BCUT2D eigenvalue weighted by molar-refractivity contribution is 0.230. The number of likely N-dealkylation sites (N-methyl/N-ethyl adjacent to an activating group) is 1. The second-order valence-corrected chi connectivity index (χ2v) is 4.57. The van der Waals surface area contributed by atoms with E-state index < -0.39 is 0 Å². The molecule has 1 aromatic carbocycles. The Morgan fingerprint density at radius 2 is 1.89 bits per heavy atom. The van der Waals surface area contributed by atoms with Crippen LogP contribution < -0.4 is 4.74 Å². The molecular weight excluding hydrogens is 240 g/mol.